The molecule has 0 amide bonds. The van der Waals surface area contributed by atoms with Crippen LogP contribution in [0.3, 0.4) is 0 Å². The molecule has 1 unspecified atom stereocenters. The number of hydrogen-bond acceptors (Lipinski definition) is 1. The molecular formula is C18H21BrFN. The molecule has 0 aliphatic heterocycles. The molecule has 3 heteroatoms. The summed E-state index contributed by atoms with van der Waals surface area (Å²) in [5.74, 6) is 0.292. The first-order valence-corrected chi connectivity index (χ1v) is 8.10. The van der Waals surface area contributed by atoms with Crippen molar-refractivity contribution in [2.75, 3.05) is 6.54 Å². The van der Waals surface area contributed by atoms with Gasteiger partial charge in [0.25, 0.3) is 0 Å². The standard InChI is InChI=1S/C18H21BrFN/c1-4-21-18(15-9-10-17(20)16(19)11-15)14-7-5-13(6-8-14)12(2)3/h5-12,18,21H,4H2,1-3H3. The van der Waals surface area contributed by atoms with E-state index in [1.807, 2.05) is 12.1 Å². The predicted molar refractivity (Wildman–Crippen MR) is 90.2 cm³/mol. The fraction of sp³-hybridized carbons (Fsp3) is 0.333. The molecule has 0 radical (unpaired) electrons. The minimum Gasteiger partial charge on any atom is -0.307 e. The second-order valence-electron chi connectivity index (χ2n) is 5.49. The maximum atomic E-state index is 13.4. The highest BCUT2D eigenvalue weighted by Gasteiger charge is 2.14. The predicted octanol–water partition coefficient (Wildman–Crippen LogP) is 5.41. The first-order valence-electron chi connectivity index (χ1n) is 7.31. The Labute approximate surface area is 134 Å². The molecule has 112 valence electrons. The van der Waals surface area contributed by atoms with E-state index in [9.17, 15) is 4.39 Å². The number of halogens is 2. The Balaban J connectivity index is 2.35. The van der Waals surface area contributed by atoms with Gasteiger partial charge in [-0.05, 0) is 57.2 Å². The monoisotopic (exact) mass is 349 g/mol. The lowest BCUT2D eigenvalue weighted by atomic mass is 9.95. The second-order valence-corrected chi connectivity index (χ2v) is 6.34. The highest BCUT2D eigenvalue weighted by Crippen LogP contribution is 2.27. The van der Waals surface area contributed by atoms with Crippen molar-refractivity contribution in [3.05, 3.63) is 69.4 Å². The van der Waals surface area contributed by atoms with Crippen molar-refractivity contribution in [1.29, 1.82) is 0 Å². The summed E-state index contributed by atoms with van der Waals surface area (Å²) >= 11 is 3.27. The van der Waals surface area contributed by atoms with Gasteiger partial charge in [-0.15, -0.1) is 0 Å². The van der Waals surface area contributed by atoms with Crippen LogP contribution >= 0.6 is 15.9 Å². The third kappa shape index (κ3) is 3.92. The fourth-order valence-corrected chi connectivity index (χ4v) is 2.79. The molecule has 1 atom stereocenters. The summed E-state index contributed by atoms with van der Waals surface area (Å²) in [6.45, 7) is 7.31. The van der Waals surface area contributed by atoms with Crippen LogP contribution in [0.5, 0.6) is 0 Å². The Morgan fingerprint density at radius 1 is 1.00 bits per heavy atom. The molecule has 0 fully saturated rings. The normalized spacial score (nSPS) is 12.7. The van der Waals surface area contributed by atoms with Gasteiger partial charge in [0.1, 0.15) is 5.82 Å². The van der Waals surface area contributed by atoms with E-state index >= 15 is 0 Å². The van der Waals surface area contributed by atoms with Crippen LogP contribution in [0.25, 0.3) is 0 Å². The van der Waals surface area contributed by atoms with Gasteiger partial charge in [-0.25, -0.2) is 4.39 Å². The molecule has 0 bridgehead atoms. The number of hydrogen-bond donors (Lipinski definition) is 1. The molecule has 2 aromatic carbocycles. The summed E-state index contributed by atoms with van der Waals surface area (Å²) in [6, 6.07) is 13.9. The maximum Gasteiger partial charge on any atom is 0.137 e. The Morgan fingerprint density at radius 3 is 2.10 bits per heavy atom. The molecule has 1 nitrogen and oxygen atoms in total. The van der Waals surface area contributed by atoms with E-state index in [0.717, 1.165) is 12.1 Å². The minimum absolute atomic E-state index is 0.0770. The average Bonchev–Trinajstić information content (AvgIpc) is 2.48. The van der Waals surface area contributed by atoms with Crippen molar-refractivity contribution in [3.8, 4) is 0 Å². The molecular weight excluding hydrogens is 329 g/mol. The van der Waals surface area contributed by atoms with Gasteiger partial charge in [0.15, 0.2) is 0 Å². The molecule has 0 saturated carbocycles. The van der Waals surface area contributed by atoms with Gasteiger partial charge in [-0.3, -0.25) is 0 Å². The lowest BCUT2D eigenvalue weighted by molar-refractivity contribution is 0.608. The van der Waals surface area contributed by atoms with E-state index in [4.69, 9.17) is 0 Å². The Hall–Kier alpha value is -1.19. The zero-order valence-corrected chi connectivity index (χ0v) is 14.2. The van der Waals surface area contributed by atoms with E-state index in [0.29, 0.717) is 10.4 Å². The van der Waals surface area contributed by atoms with Crippen molar-refractivity contribution in [2.24, 2.45) is 0 Å². The number of nitrogens with one attached hydrogen (secondary N) is 1. The van der Waals surface area contributed by atoms with E-state index in [-0.39, 0.29) is 11.9 Å². The summed E-state index contributed by atoms with van der Waals surface area (Å²) < 4.78 is 13.9. The quantitative estimate of drug-likeness (QED) is 0.760. The van der Waals surface area contributed by atoms with Crippen LogP contribution in [0.2, 0.25) is 0 Å². The highest BCUT2D eigenvalue weighted by molar-refractivity contribution is 9.10. The van der Waals surface area contributed by atoms with Crippen LogP contribution in [0.1, 0.15) is 49.4 Å². The van der Waals surface area contributed by atoms with Crippen molar-refractivity contribution in [2.45, 2.75) is 32.7 Å². The smallest absolute Gasteiger partial charge is 0.137 e. The lowest BCUT2D eigenvalue weighted by Crippen LogP contribution is -2.22. The Bertz CT molecular complexity index is 593. The van der Waals surface area contributed by atoms with E-state index in [1.54, 1.807) is 0 Å². The van der Waals surface area contributed by atoms with Crippen molar-refractivity contribution in [3.63, 3.8) is 0 Å². The zero-order chi connectivity index (χ0) is 15.4. The van der Waals surface area contributed by atoms with Gasteiger partial charge < -0.3 is 5.32 Å². The summed E-state index contributed by atoms with van der Waals surface area (Å²) in [7, 11) is 0. The van der Waals surface area contributed by atoms with Crippen molar-refractivity contribution < 1.29 is 4.39 Å². The van der Waals surface area contributed by atoms with Gasteiger partial charge in [0.2, 0.25) is 0 Å². The largest absolute Gasteiger partial charge is 0.307 e. The second kappa shape index (κ2) is 7.19. The molecule has 0 aliphatic carbocycles. The van der Waals surface area contributed by atoms with Gasteiger partial charge in [-0.1, -0.05) is 51.1 Å². The zero-order valence-electron chi connectivity index (χ0n) is 12.7. The molecule has 0 heterocycles. The number of benzene rings is 2. The molecule has 2 rings (SSSR count). The van der Waals surface area contributed by atoms with Crippen LogP contribution in [-0.2, 0) is 0 Å². The first-order chi connectivity index (χ1) is 10.0. The summed E-state index contributed by atoms with van der Waals surface area (Å²) in [4.78, 5) is 0. The van der Waals surface area contributed by atoms with Crippen LogP contribution in [-0.4, -0.2) is 6.54 Å². The molecule has 0 aromatic heterocycles. The van der Waals surface area contributed by atoms with Gasteiger partial charge >= 0.3 is 0 Å². The van der Waals surface area contributed by atoms with Gasteiger partial charge in [0, 0.05) is 0 Å². The number of rotatable bonds is 5. The summed E-state index contributed by atoms with van der Waals surface area (Å²) in [5, 5.41) is 3.47. The van der Waals surface area contributed by atoms with E-state index in [2.05, 4.69) is 66.3 Å². The van der Waals surface area contributed by atoms with Crippen LogP contribution in [0, 0.1) is 5.82 Å². The van der Waals surface area contributed by atoms with Crippen LogP contribution < -0.4 is 5.32 Å². The van der Waals surface area contributed by atoms with Crippen molar-refractivity contribution >= 4 is 15.9 Å². The third-order valence-corrected chi connectivity index (χ3v) is 4.23. The third-order valence-electron chi connectivity index (χ3n) is 3.62. The maximum absolute atomic E-state index is 13.4. The van der Waals surface area contributed by atoms with E-state index < -0.39 is 0 Å². The van der Waals surface area contributed by atoms with Crippen LogP contribution in [0.15, 0.2) is 46.9 Å². The molecule has 1 N–H and O–H groups in total. The molecule has 0 aliphatic rings. The molecule has 0 saturated heterocycles. The highest BCUT2D eigenvalue weighted by atomic mass is 79.9. The Morgan fingerprint density at radius 2 is 1.57 bits per heavy atom. The minimum atomic E-state index is -0.232. The molecule has 2 aromatic rings. The summed E-state index contributed by atoms with van der Waals surface area (Å²) in [6.07, 6.45) is 0. The SMILES string of the molecule is CCNC(c1ccc(C(C)C)cc1)c1ccc(F)c(Br)c1. The summed E-state index contributed by atoms with van der Waals surface area (Å²) in [5.41, 5.74) is 3.58. The average molecular weight is 350 g/mol. The van der Waals surface area contributed by atoms with Gasteiger partial charge in [0.05, 0.1) is 10.5 Å². The first kappa shape index (κ1) is 16.2. The fourth-order valence-electron chi connectivity index (χ4n) is 2.40. The van der Waals surface area contributed by atoms with Gasteiger partial charge in [-0.2, -0.15) is 0 Å². The van der Waals surface area contributed by atoms with Crippen molar-refractivity contribution in [1.82, 2.24) is 5.32 Å². The van der Waals surface area contributed by atoms with E-state index in [1.165, 1.54) is 17.2 Å². The topological polar surface area (TPSA) is 12.0 Å². The molecule has 21 heavy (non-hydrogen) atoms. The lowest BCUT2D eigenvalue weighted by Gasteiger charge is -2.20. The Kier molecular flexibility index (Phi) is 5.54. The molecule has 0 spiro atoms. The van der Waals surface area contributed by atoms with Crippen LogP contribution in [0.4, 0.5) is 4.39 Å².